The Balaban J connectivity index is 0.00000392. The fourth-order valence-electron chi connectivity index (χ4n) is 2.48. The minimum Gasteiger partial charge on any atom is -0.356 e. The summed E-state index contributed by atoms with van der Waals surface area (Å²) in [4.78, 5) is 19.9. The summed E-state index contributed by atoms with van der Waals surface area (Å²) < 4.78 is 0. The third-order valence-electron chi connectivity index (χ3n) is 3.96. The molecule has 0 aliphatic rings. The fourth-order valence-corrected chi connectivity index (χ4v) is 3.19. The monoisotopic (exact) mass is 515 g/mol. The van der Waals surface area contributed by atoms with Crippen LogP contribution in [0.25, 0.3) is 0 Å². The molecule has 28 heavy (non-hydrogen) atoms. The molecule has 0 fully saturated rings. The Labute approximate surface area is 188 Å². The largest absolute Gasteiger partial charge is 0.356 e. The molecule has 0 aliphatic heterocycles. The molecular weight excluding hydrogens is 485 g/mol. The van der Waals surface area contributed by atoms with Gasteiger partial charge < -0.3 is 20.9 Å². The van der Waals surface area contributed by atoms with E-state index in [9.17, 15) is 4.79 Å². The summed E-state index contributed by atoms with van der Waals surface area (Å²) in [5.41, 5.74) is 1.71. The first-order chi connectivity index (χ1) is 13.1. The van der Waals surface area contributed by atoms with Crippen LogP contribution in [0.3, 0.4) is 0 Å². The number of hydrogen-bond acceptors (Lipinski definition) is 4. The summed E-state index contributed by atoms with van der Waals surface area (Å²) in [6, 6.07) is 11.9. The van der Waals surface area contributed by atoms with Gasteiger partial charge in [0, 0.05) is 43.7 Å². The highest BCUT2D eigenvalue weighted by molar-refractivity contribution is 14.0. The lowest BCUT2D eigenvalue weighted by Gasteiger charge is -2.13. The zero-order valence-electron chi connectivity index (χ0n) is 16.7. The maximum absolute atomic E-state index is 12.2. The zero-order valence-corrected chi connectivity index (χ0v) is 19.8. The van der Waals surface area contributed by atoms with E-state index >= 15 is 0 Å². The molecule has 2 aromatic rings. The number of halogens is 1. The molecule has 0 spiro atoms. The Bertz CT molecular complexity index is 734. The highest BCUT2D eigenvalue weighted by Gasteiger charge is 2.06. The van der Waals surface area contributed by atoms with Gasteiger partial charge in [0.05, 0.1) is 0 Å². The molecular formula is C20H30IN5OS. The molecule has 0 saturated heterocycles. The van der Waals surface area contributed by atoms with Crippen LogP contribution in [0.5, 0.6) is 0 Å². The van der Waals surface area contributed by atoms with E-state index in [2.05, 4.69) is 38.5 Å². The van der Waals surface area contributed by atoms with Gasteiger partial charge >= 0.3 is 0 Å². The standard InChI is InChI=1S/C20H29N5OS.HI/c1-21-20(23-10-9-18-8-5-13-27-18)24-15-16-6-4-7-17(14-16)19(26)22-11-12-25(2)3;/h4-8,13-14H,9-12,15H2,1-3H3,(H,22,26)(H2,21,23,24);1H. The third kappa shape index (κ3) is 9.03. The van der Waals surface area contributed by atoms with Crippen molar-refractivity contribution in [2.45, 2.75) is 13.0 Å². The Hall–Kier alpha value is -1.65. The number of amides is 1. The van der Waals surface area contributed by atoms with Crippen LogP contribution in [-0.2, 0) is 13.0 Å². The number of nitrogens with zero attached hydrogens (tertiary/aromatic N) is 2. The minimum absolute atomic E-state index is 0. The second-order valence-electron chi connectivity index (χ2n) is 6.44. The van der Waals surface area contributed by atoms with Crippen LogP contribution < -0.4 is 16.0 Å². The predicted octanol–water partition coefficient (Wildman–Crippen LogP) is 2.57. The van der Waals surface area contributed by atoms with Crippen molar-refractivity contribution in [3.05, 3.63) is 57.8 Å². The number of guanidine groups is 1. The molecule has 1 aromatic heterocycles. The van der Waals surface area contributed by atoms with Crippen LogP contribution in [0.15, 0.2) is 46.8 Å². The van der Waals surface area contributed by atoms with E-state index in [4.69, 9.17) is 0 Å². The lowest BCUT2D eigenvalue weighted by atomic mass is 10.1. The van der Waals surface area contributed by atoms with Crippen molar-refractivity contribution >= 4 is 47.2 Å². The number of nitrogens with one attached hydrogen (secondary N) is 3. The summed E-state index contributed by atoms with van der Waals surface area (Å²) in [5.74, 6) is 0.713. The van der Waals surface area contributed by atoms with Gasteiger partial charge in [-0.3, -0.25) is 9.79 Å². The summed E-state index contributed by atoms with van der Waals surface area (Å²) in [5, 5.41) is 11.6. The molecule has 6 nitrogen and oxygen atoms in total. The summed E-state index contributed by atoms with van der Waals surface area (Å²) >= 11 is 1.76. The van der Waals surface area contributed by atoms with Crippen LogP contribution in [0.4, 0.5) is 0 Å². The number of rotatable bonds is 9. The van der Waals surface area contributed by atoms with Gasteiger partial charge in [0.2, 0.25) is 0 Å². The first kappa shape index (κ1) is 24.4. The van der Waals surface area contributed by atoms with Crippen molar-refractivity contribution in [2.24, 2.45) is 4.99 Å². The van der Waals surface area contributed by atoms with Crippen LogP contribution in [0, 0.1) is 0 Å². The van der Waals surface area contributed by atoms with Crippen LogP contribution in [-0.4, -0.2) is 57.5 Å². The van der Waals surface area contributed by atoms with E-state index in [0.29, 0.717) is 18.7 Å². The van der Waals surface area contributed by atoms with Crippen molar-refractivity contribution in [2.75, 3.05) is 40.8 Å². The average Bonchev–Trinajstić information content (AvgIpc) is 3.18. The second-order valence-corrected chi connectivity index (χ2v) is 7.47. The summed E-state index contributed by atoms with van der Waals surface area (Å²) in [7, 11) is 5.73. The summed E-state index contributed by atoms with van der Waals surface area (Å²) in [6.07, 6.45) is 0.973. The second kappa shape index (κ2) is 13.5. The maximum atomic E-state index is 12.2. The number of aliphatic imine (C=N–C) groups is 1. The summed E-state index contributed by atoms with van der Waals surface area (Å²) in [6.45, 7) is 2.89. The zero-order chi connectivity index (χ0) is 19.5. The molecule has 1 heterocycles. The molecule has 154 valence electrons. The molecule has 3 N–H and O–H groups in total. The van der Waals surface area contributed by atoms with Gasteiger partial charge in [0.1, 0.15) is 0 Å². The molecule has 0 aliphatic carbocycles. The van der Waals surface area contributed by atoms with Gasteiger partial charge in [-0.2, -0.15) is 0 Å². The minimum atomic E-state index is -0.0443. The molecule has 8 heteroatoms. The highest BCUT2D eigenvalue weighted by atomic mass is 127. The number of likely N-dealkylation sites (N-methyl/N-ethyl adjacent to an activating group) is 1. The van der Waals surface area contributed by atoms with Crippen molar-refractivity contribution < 1.29 is 4.79 Å². The van der Waals surface area contributed by atoms with Gasteiger partial charge in [0.15, 0.2) is 5.96 Å². The topological polar surface area (TPSA) is 68.8 Å². The van der Waals surface area contributed by atoms with E-state index in [1.165, 1.54) is 4.88 Å². The molecule has 0 atom stereocenters. The van der Waals surface area contributed by atoms with Crippen LogP contribution in [0.1, 0.15) is 20.8 Å². The molecule has 1 aromatic carbocycles. The Morgan fingerprint density at radius 1 is 1.11 bits per heavy atom. The number of thiophene rings is 1. The van der Waals surface area contributed by atoms with Gasteiger partial charge in [-0.1, -0.05) is 18.2 Å². The normalized spacial score (nSPS) is 11.1. The Morgan fingerprint density at radius 2 is 1.93 bits per heavy atom. The van der Waals surface area contributed by atoms with E-state index < -0.39 is 0 Å². The Kier molecular flexibility index (Phi) is 11.8. The number of carbonyl (C=O) groups is 1. The van der Waals surface area contributed by atoms with E-state index in [-0.39, 0.29) is 29.9 Å². The van der Waals surface area contributed by atoms with E-state index in [1.807, 2.05) is 43.3 Å². The Morgan fingerprint density at radius 3 is 2.61 bits per heavy atom. The van der Waals surface area contributed by atoms with E-state index in [0.717, 1.165) is 31.0 Å². The number of hydrogen-bond donors (Lipinski definition) is 3. The molecule has 0 bridgehead atoms. The third-order valence-corrected chi connectivity index (χ3v) is 4.90. The predicted molar refractivity (Wildman–Crippen MR) is 129 cm³/mol. The lowest BCUT2D eigenvalue weighted by Crippen LogP contribution is -2.37. The van der Waals surface area contributed by atoms with Crippen LogP contribution >= 0.6 is 35.3 Å². The molecule has 0 radical (unpaired) electrons. The van der Waals surface area contributed by atoms with Crippen molar-refractivity contribution in [1.82, 2.24) is 20.9 Å². The lowest BCUT2D eigenvalue weighted by molar-refractivity contribution is 0.0951. The first-order valence-electron chi connectivity index (χ1n) is 9.07. The average molecular weight is 515 g/mol. The molecule has 0 unspecified atom stereocenters. The highest BCUT2D eigenvalue weighted by Crippen LogP contribution is 2.08. The smallest absolute Gasteiger partial charge is 0.251 e. The van der Waals surface area contributed by atoms with Gasteiger partial charge in [-0.05, 0) is 49.7 Å². The van der Waals surface area contributed by atoms with Gasteiger partial charge in [-0.15, -0.1) is 35.3 Å². The fraction of sp³-hybridized carbons (Fsp3) is 0.400. The van der Waals surface area contributed by atoms with Crippen molar-refractivity contribution in [3.8, 4) is 0 Å². The van der Waals surface area contributed by atoms with Crippen molar-refractivity contribution in [3.63, 3.8) is 0 Å². The molecule has 0 saturated carbocycles. The number of benzene rings is 1. The first-order valence-corrected chi connectivity index (χ1v) is 9.95. The van der Waals surface area contributed by atoms with Gasteiger partial charge in [-0.25, -0.2) is 0 Å². The van der Waals surface area contributed by atoms with E-state index in [1.54, 1.807) is 18.4 Å². The SMILES string of the molecule is CN=C(NCCc1cccs1)NCc1cccc(C(=O)NCCN(C)C)c1.I. The quantitative estimate of drug-likeness (QED) is 0.273. The maximum Gasteiger partial charge on any atom is 0.251 e. The van der Waals surface area contributed by atoms with Crippen molar-refractivity contribution in [1.29, 1.82) is 0 Å². The van der Waals surface area contributed by atoms with Crippen LogP contribution in [0.2, 0.25) is 0 Å². The molecule has 2 rings (SSSR count). The van der Waals surface area contributed by atoms with Gasteiger partial charge in [0.25, 0.3) is 5.91 Å². The molecule has 1 amide bonds. The number of carbonyl (C=O) groups excluding carboxylic acids is 1.